The van der Waals surface area contributed by atoms with Crippen molar-refractivity contribution in [3.8, 4) is 0 Å². The Balaban J connectivity index is 1.29. The molecule has 2 aromatic rings. The van der Waals surface area contributed by atoms with Crippen LogP contribution in [0.2, 0.25) is 0 Å². The first-order valence-electron chi connectivity index (χ1n) is 9.24. The SMILES string of the molecule is Cc1ccc(C2(CN3CCC(NC(=O)c4ccn[nH]4)CC3)CC2)cc1. The molecular formula is C20H26N4O. The Morgan fingerprint density at radius 2 is 1.96 bits per heavy atom. The van der Waals surface area contributed by atoms with Gasteiger partial charge in [0.2, 0.25) is 0 Å². The van der Waals surface area contributed by atoms with Crippen molar-refractivity contribution in [2.45, 2.75) is 44.1 Å². The molecule has 0 bridgehead atoms. The van der Waals surface area contributed by atoms with E-state index < -0.39 is 0 Å². The van der Waals surface area contributed by atoms with Crippen molar-refractivity contribution in [1.29, 1.82) is 0 Å². The number of aromatic nitrogens is 2. The number of hydrogen-bond acceptors (Lipinski definition) is 3. The van der Waals surface area contributed by atoms with Gasteiger partial charge in [-0.3, -0.25) is 9.89 Å². The summed E-state index contributed by atoms with van der Waals surface area (Å²) in [4.78, 5) is 14.7. The molecule has 132 valence electrons. The molecule has 2 fully saturated rings. The van der Waals surface area contributed by atoms with E-state index in [2.05, 4.69) is 51.6 Å². The fraction of sp³-hybridized carbons (Fsp3) is 0.500. The zero-order valence-electron chi connectivity index (χ0n) is 14.8. The topological polar surface area (TPSA) is 61.0 Å². The number of amides is 1. The summed E-state index contributed by atoms with van der Waals surface area (Å²) in [5, 5.41) is 9.68. The van der Waals surface area contributed by atoms with Gasteiger partial charge in [-0.2, -0.15) is 5.10 Å². The zero-order valence-corrected chi connectivity index (χ0v) is 14.8. The second-order valence-electron chi connectivity index (χ2n) is 7.64. The van der Waals surface area contributed by atoms with E-state index in [0.29, 0.717) is 11.1 Å². The third-order valence-electron chi connectivity index (χ3n) is 5.71. The summed E-state index contributed by atoms with van der Waals surface area (Å²) in [5.41, 5.74) is 3.74. The number of piperidine rings is 1. The van der Waals surface area contributed by atoms with Crippen molar-refractivity contribution in [3.63, 3.8) is 0 Å². The molecule has 1 aliphatic carbocycles. The highest BCUT2D eigenvalue weighted by Gasteiger charge is 2.45. The highest BCUT2D eigenvalue weighted by molar-refractivity contribution is 5.92. The van der Waals surface area contributed by atoms with Crippen LogP contribution in [0.5, 0.6) is 0 Å². The van der Waals surface area contributed by atoms with E-state index in [4.69, 9.17) is 0 Å². The molecule has 1 aliphatic heterocycles. The second kappa shape index (κ2) is 6.64. The van der Waals surface area contributed by atoms with E-state index in [9.17, 15) is 4.79 Å². The molecule has 2 N–H and O–H groups in total. The summed E-state index contributed by atoms with van der Waals surface area (Å²) < 4.78 is 0. The number of benzene rings is 1. The highest BCUT2D eigenvalue weighted by atomic mass is 16.2. The van der Waals surface area contributed by atoms with E-state index >= 15 is 0 Å². The highest BCUT2D eigenvalue weighted by Crippen LogP contribution is 2.49. The molecule has 0 unspecified atom stereocenters. The van der Waals surface area contributed by atoms with Crippen LogP contribution in [-0.2, 0) is 5.41 Å². The minimum Gasteiger partial charge on any atom is -0.348 e. The summed E-state index contributed by atoms with van der Waals surface area (Å²) in [7, 11) is 0. The Morgan fingerprint density at radius 3 is 2.56 bits per heavy atom. The minimum absolute atomic E-state index is 0.0470. The monoisotopic (exact) mass is 338 g/mol. The van der Waals surface area contributed by atoms with Gasteiger partial charge in [-0.15, -0.1) is 0 Å². The van der Waals surface area contributed by atoms with Crippen LogP contribution in [0, 0.1) is 6.92 Å². The van der Waals surface area contributed by atoms with Gasteiger partial charge in [0.15, 0.2) is 0 Å². The van der Waals surface area contributed by atoms with Crippen LogP contribution >= 0.6 is 0 Å². The minimum atomic E-state index is -0.0470. The number of carbonyl (C=O) groups excluding carboxylic acids is 1. The van der Waals surface area contributed by atoms with Gasteiger partial charge in [0.1, 0.15) is 5.69 Å². The van der Waals surface area contributed by atoms with Crippen LogP contribution in [-0.4, -0.2) is 46.7 Å². The summed E-state index contributed by atoms with van der Waals surface area (Å²) in [6, 6.07) is 11.0. The number of likely N-dealkylation sites (tertiary alicyclic amines) is 1. The third kappa shape index (κ3) is 3.61. The van der Waals surface area contributed by atoms with Crippen molar-refractivity contribution >= 4 is 5.91 Å². The van der Waals surface area contributed by atoms with Crippen molar-refractivity contribution in [1.82, 2.24) is 20.4 Å². The Kier molecular flexibility index (Phi) is 4.34. The van der Waals surface area contributed by atoms with E-state index in [0.717, 1.165) is 32.5 Å². The molecule has 1 saturated heterocycles. The van der Waals surface area contributed by atoms with Gasteiger partial charge in [-0.1, -0.05) is 29.8 Å². The molecule has 1 aromatic heterocycles. The molecule has 2 aliphatic rings. The van der Waals surface area contributed by atoms with Gasteiger partial charge in [-0.05, 0) is 44.2 Å². The summed E-state index contributed by atoms with van der Waals surface area (Å²) in [6.45, 7) is 5.41. The van der Waals surface area contributed by atoms with Gasteiger partial charge in [0.05, 0.1) is 0 Å². The van der Waals surface area contributed by atoms with Gasteiger partial charge >= 0.3 is 0 Å². The number of hydrogen-bond donors (Lipinski definition) is 2. The van der Waals surface area contributed by atoms with Crippen LogP contribution in [0.15, 0.2) is 36.5 Å². The molecule has 4 rings (SSSR count). The van der Waals surface area contributed by atoms with Crippen LogP contribution in [0.3, 0.4) is 0 Å². The number of nitrogens with zero attached hydrogens (tertiary/aromatic N) is 2. The first kappa shape index (κ1) is 16.3. The molecular weight excluding hydrogens is 312 g/mol. The molecule has 5 nitrogen and oxygen atoms in total. The number of carbonyl (C=O) groups is 1. The lowest BCUT2D eigenvalue weighted by Crippen LogP contribution is -2.46. The average molecular weight is 338 g/mol. The van der Waals surface area contributed by atoms with Crippen LogP contribution in [0.4, 0.5) is 0 Å². The van der Waals surface area contributed by atoms with Gasteiger partial charge in [0, 0.05) is 37.3 Å². The average Bonchev–Trinajstić information content (AvgIpc) is 3.19. The van der Waals surface area contributed by atoms with Gasteiger partial charge in [-0.25, -0.2) is 0 Å². The maximum Gasteiger partial charge on any atom is 0.269 e. The van der Waals surface area contributed by atoms with E-state index in [1.165, 1.54) is 24.0 Å². The Hall–Kier alpha value is -2.14. The maximum atomic E-state index is 12.1. The Bertz CT molecular complexity index is 711. The summed E-state index contributed by atoms with van der Waals surface area (Å²) in [5.74, 6) is -0.0470. The molecule has 1 amide bonds. The van der Waals surface area contributed by atoms with Crippen molar-refractivity contribution < 1.29 is 4.79 Å². The molecule has 0 atom stereocenters. The van der Waals surface area contributed by atoms with Crippen molar-refractivity contribution in [2.75, 3.05) is 19.6 Å². The normalized spacial score (nSPS) is 20.4. The van der Waals surface area contributed by atoms with Crippen LogP contribution in [0.1, 0.15) is 47.3 Å². The molecule has 1 saturated carbocycles. The number of nitrogens with one attached hydrogen (secondary N) is 2. The van der Waals surface area contributed by atoms with Gasteiger partial charge in [0.25, 0.3) is 5.91 Å². The molecule has 5 heteroatoms. The Morgan fingerprint density at radius 1 is 1.24 bits per heavy atom. The molecule has 25 heavy (non-hydrogen) atoms. The molecule has 1 aromatic carbocycles. The standard InChI is InChI=1S/C20H26N4O/c1-15-2-4-16(5-3-15)20(9-10-20)14-24-12-7-17(8-13-24)22-19(25)18-6-11-21-23-18/h2-6,11,17H,7-10,12-14H2,1H3,(H,21,23)(H,22,25). The maximum absolute atomic E-state index is 12.1. The molecule has 0 spiro atoms. The quantitative estimate of drug-likeness (QED) is 0.881. The lowest BCUT2D eigenvalue weighted by Gasteiger charge is -2.35. The third-order valence-corrected chi connectivity index (χ3v) is 5.71. The summed E-state index contributed by atoms with van der Waals surface area (Å²) in [6.07, 6.45) is 6.24. The number of rotatable bonds is 5. The predicted molar refractivity (Wildman–Crippen MR) is 97.6 cm³/mol. The van der Waals surface area contributed by atoms with E-state index in [1.54, 1.807) is 12.3 Å². The van der Waals surface area contributed by atoms with E-state index in [-0.39, 0.29) is 11.9 Å². The number of aromatic amines is 1. The molecule has 0 radical (unpaired) electrons. The fourth-order valence-corrected chi connectivity index (χ4v) is 3.91. The lowest BCUT2D eigenvalue weighted by molar-refractivity contribution is 0.0903. The summed E-state index contributed by atoms with van der Waals surface area (Å²) >= 11 is 0. The smallest absolute Gasteiger partial charge is 0.269 e. The lowest BCUT2D eigenvalue weighted by atomic mass is 9.93. The Labute approximate surface area is 148 Å². The van der Waals surface area contributed by atoms with Crippen molar-refractivity contribution in [2.24, 2.45) is 0 Å². The largest absolute Gasteiger partial charge is 0.348 e. The predicted octanol–water partition coefficient (Wildman–Crippen LogP) is 2.64. The van der Waals surface area contributed by atoms with Gasteiger partial charge < -0.3 is 10.2 Å². The van der Waals surface area contributed by atoms with E-state index in [1.807, 2.05) is 0 Å². The molecule has 2 heterocycles. The second-order valence-corrected chi connectivity index (χ2v) is 7.64. The first-order valence-corrected chi connectivity index (χ1v) is 9.24. The van der Waals surface area contributed by atoms with Crippen LogP contribution in [0.25, 0.3) is 0 Å². The van der Waals surface area contributed by atoms with Crippen LogP contribution < -0.4 is 5.32 Å². The number of H-pyrrole nitrogens is 1. The van der Waals surface area contributed by atoms with Crippen molar-refractivity contribution in [3.05, 3.63) is 53.3 Å². The zero-order chi connectivity index (χ0) is 17.3. The fourth-order valence-electron chi connectivity index (χ4n) is 3.91. The number of aryl methyl sites for hydroxylation is 1. The first-order chi connectivity index (χ1) is 12.1.